The Bertz CT molecular complexity index is 299. The first-order chi connectivity index (χ1) is 7.80. The lowest BCUT2D eigenvalue weighted by molar-refractivity contribution is 0.00578. The van der Waals surface area contributed by atoms with E-state index in [9.17, 15) is 0 Å². The molecule has 3 nitrogen and oxygen atoms in total. The van der Waals surface area contributed by atoms with Gasteiger partial charge in [-0.25, -0.2) is 0 Å². The molecule has 17 heavy (non-hydrogen) atoms. The van der Waals surface area contributed by atoms with Crippen LogP contribution in [-0.4, -0.2) is 24.4 Å². The summed E-state index contributed by atoms with van der Waals surface area (Å²) in [7, 11) is -0.190. The van der Waals surface area contributed by atoms with Crippen LogP contribution in [0.25, 0.3) is 0 Å². The molecular formula is C13H24BNO2. The monoisotopic (exact) mass is 237 g/mol. The number of hydrogen-bond donors (Lipinski definition) is 1. The fourth-order valence-electron chi connectivity index (χ4n) is 2.33. The molecule has 0 atom stereocenters. The summed E-state index contributed by atoms with van der Waals surface area (Å²) in [6, 6.07) is 0.380. The lowest BCUT2D eigenvalue weighted by Gasteiger charge is -2.32. The molecule has 0 aromatic carbocycles. The molecule has 0 unspecified atom stereocenters. The van der Waals surface area contributed by atoms with Crippen molar-refractivity contribution in [2.45, 2.75) is 70.6 Å². The van der Waals surface area contributed by atoms with Crippen LogP contribution in [0.1, 0.15) is 53.4 Å². The van der Waals surface area contributed by atoms with Crippen molar-refractivity contribution in [1.82, 2.24) is 0 Å². The fourth-order valence-corrected chi connectivity index (χ4v) is 2.33. The van der Waals surface area contributed by atoms with Gasteiger partial charge >= 0.3 is 7.12 Å². The molecule has 0 spiro atoms. The lowest BCUT2D eigenvalue weighted by Crippen LogP contribution is -2.41. The fraction of sp³-hybridized carbons (Fsp3) is 0.846. The van der Waals surface area contributed by atoms with E-state index in [0.717, 1.165) is 25.7 Å². The molecule has 1 saturated heterocycles. The van der Waals surface area contributed by atoms with Gasteiger partial charge in [0.25, 0.3) is 0 Å². The highest BCUT2D eigenvalue weighted by molar-refractivity contribution is 6.51. The molecule has 0 radical (unpaired) electrons. The van der Waals surface area contributed by atoms with E-state index >= 15 is 0 Å². The molecule has 0 aromatic heterocycles. The van der Waals surface area contributed by atoms with Gasteiger partial charge in [-0.1, -0.05) is 11.5 Å². The Labute approximate surface area is 105 Å². The van der Waals surface area contributed by atoms with Gasteiger partial charge in [0.1, 0.15) is 0 Å². The van der Waals surface area contributed by atoms with Crippen LogP contribution in [0.15, 0.2) is 11.5 Å². The van der Waals surface area contributed by atoms with Gasteiger partial charge in [0.05, 0.1) is 11.2 Å². The van der Waals surface area contributed by atoms with Gasteiger partial charge in [0, 0.05) is 6.04 Å². The quantitative estimate of drug-likeness (QED) is 0.712. The van der Waals surface area contributed by atoms with E-state index < -0.39 is 0 Å². The van der Waals surface area contributed by atoms with Crippen LogP contribution in [0, 0.1) is 0 Å². The number of rotatable bonds is 1. The number of nitrogens with two attached hydrogens (primary N) is 1. The molecule has 2 N–H and O–H groups in total. The Balaban J connectivity index is 2.00. The zero-order valence-electron chi connectivity index (χ0n) is 11.5. The van der Waals surface area contributed by atoms with Gasteiger partial charge in [0.15, 0.2) is 0 Å². The summed E-state index contributed by atoms with van der Waals surface area (Å²) in [4.78, 5) is 0. The first-order valence-electron chi connectivity index (χ1n) is 6.61. The Morgan fingerprint density at radius 2 is 1.59 bits per heavy atom. The molecular weight excluding hydrogens is 213 g/mol. The van der Waals surface area contributed by atoms with Crippen LogP contribution >= 0.6 is 0 Å². The summed E-state index contributed by atoms with van der Waals surface area (Å²) in [5.74, 6) is 2.16. The third-order valence-electron chi connectivity index (χ3n) is 4.32. The highest BCUT2D eigenvalue weighted by Crippen LogP contribution is 2.37. The van der Waals surface area contributed by atoms with Crippen molar-refractivity contribution in [3.8, 4) is 0 Å². The predicted molar refractivity (Wildman–Crippen MR) is 70.6 cm³/mol. The van der Waals surface area contributed by atoms with Gasteiger partial charge in [-0.2, -0.15) is 0 Å². The van der Waals surface area contributed by atoms with Crippen LogP contribution in [0.4, 0.5) is 0 Å². The molecule has 96 valence electrons. The molecule has 2 aliphatic rings. The van der Waals surface area contributed by atoms with E-state index in [0.29, 0.717) is 6.04 Å². The Hall–Kier alpha value is -0.315. The maximum absolute atomic E-state index is 5.96. The summed E-state index contributed by atoms with van der Waals surface area (Å²) in [5.41, 5.74) is 6.86. The predicted octanol–water partition coefficient (Wildman–Crippen LogP) is 2.45. The largest absolute Gasteiger partial charge is 0.487 e. The van der Waals surface area contributed by atoms with Crippen molar-refractivity contribution < 1.29 is 9.31 Å². The standard InChI is InChI=1S/C13H24BNO2/c1-12(2)13(3,4)17-14(16-12)9-10-5-7-11(15)8-6-10/h9,11H,5-8,15H2,1-4H3. The topological polar surface area (TPSA) is 44.5 Å². The zero-order chi connectivity index (χ0) is 12.7. The highest BCUT2D eigenvalue weighted by atomic mass is 16.7. The second-order valence-electron chi connectivity index (χ2n) is 6.29. The van der Waals surface area contributed by atoms with Crippen LogP contribution in [0.5, 0.6) is 0 Å². The molecule has 4 heteroatoms. The first kappa shape index (κ1) is 13.1. The molecule has 2 rings (SSSR count). The van der Waals surface area contributed by atoms with E-state index in [4.69, 9.17) is 15.0 Å². The molecule has 1 heterocycles. The van der Waals surface area contributed by atoms with Crippen LogP contribution in [-0.2, 0) is 9.31 Å². The molecule has 0 bridgehead atoms. The molecule has 0 aromatic rings. The maximum atomic E-state index is 5.96. The summed E-state index contributed by atoms with van der Waals surface area (Å²) in [5, 5.41) is 0. The number of hydrogen-bond acceptors (Lipinski definition) is 3. The Morgan fingerprint density at radius 1 is 1.12 bits per heavy atom. The Morgan fingerprint density at radius 3 is 2.06 bits per heavy atom. The summed E-state index contributed by atoms with van der Waals surface area (Å²) in [6.07, 6.45) is 4.35. The second-order valence-corrected chi connectivity index (χ2v) is 6.29. The number of allylic oxidation sites excluding steroid dienone is 1. The van der Waals surface area contributed by atoms with Crippen molar-refractivity contribution in [2.24, 2.45) is 5.73 Å². The average molecular weight is 237 g/mol. The van der Waals surface area contributed by atoms with Crippen molar-refractivity contribution in [1.29, 1.82) is 0 Å². The van der Waals surface area contributed by atoms with Crippen molar-refractivity contribution >= 4 is 7.12 Å². The highest BCUT2D eigenvalue weighted by Gasteiger charge is 2.50. The van der Waals surface area contributed by atoms with Crippen LogP contribution in [0.2, 0.25) is 0 Å². The van der Waals surface area contributed by atoms with E-state index in [2.05, 4.69) is 33.7 Å². The smallest absolute Gasteiger partial charge is 0.400 e. The van der Waals surface area contributed by atoms with E-state index in [1.54, 1.807) is 0 Å². The van der Waals surface area contributed by atoms with Crippen molar-refractivity contribution in [3.05, 3.63) is 11.5 Å². The van der Waals surface area contributed by atoms with Crippen LogP contribution in [0.3, 0.4) is 0 Å². The second kappa shape index (κ2) is 4.41. The summed E-state index contributed by atoms with van der Waals surface area (Å²) in [6.45, 7) is 8.34. The minimum atomic E-state index is -0.236. The van der Waals surface area contributed by atoms with E-state index in [-0.39, 0.29) is 18.3 Å². The van der Waals surface area contributed by atoms with E-state index in [1.807, 2.05) is 0 Å². The maximum Gasteiger partial charge on any atom is 0.487 e. The third-order valence-corrected chi connectivity index (χ3v) is 4.32. The molecule has 1 aliphatic heterocycles. The van der Waals surface area contributed by atoms with Gasteiger partial charge in [-0.05, 0) is 53.4 Å². The van der Waals surface area contributed by atoms with Gasteiger partial charge in [-0.3, -0.25) is 0 Å². The minimum absolute atomic E-state index is 0.190. The van der Waals surface area contributed by atoms with E-state index in [1.165, 1.54) is 5.57 Å². The average Bonchev–Trinajstić information content (AvgIpc) is 2.39. The van der Waals surface area contributed by atoms with Crippen molar-refractivity contribution in [3.63, 3.8) is 0 Å². The zero-order valence-corrected chi connectivity index (χ0v) is 11.5. The van der Waals surface area contributed by atoms with Crippen LogP contribution < -0.4 is 5.73 Å². The third kappa shape index (κ3) is 2.75. The van der Waals surface area contributed by atoms with Gasteiger partial charge < -0.3 is 15.0 Å². The lowest BCUT2D eigenvalue weighted by atomic mass is 9.81. The minimum Gasteiger partial charge on any atom is -0.400 e. The SMILES string of the molecule is CC1(C)OB(C=C2CCC(N)CC2)OC1(C)C. The Kier molecular flexibility index (Phi) is 3.41. The molecule has 1 aliphatic carbocycles. The van der Waals surface area contributed by atoms with Gasteiger partial charge in [0.2, 0.25) is 0 Å². The summed E-state index contributed by atoms with van der Waals surface area (Å²) >= 11 is 0. The molecule has 0 amide bonds. The normalized spacial score (nSPS) is 31.7. The molecule has 2 fully saturated rings. The first-order valence-corrected chi connectivity index (χ1v) is 6.61. The van der Waals surface area contributed by atoms with Crippen molar-refractivity contribution in [2.75, 3.05) is 0 Å². The van der Waals surface area contributed by atoms with Gasteiger partial charge in [-0.15, -0.1) is 0 Å². The molecule has 1 saturated carbocycles. The summed E-state index contributed by atoms with van der Waals surface area (Å²) < 4.78 is 11.9.